The van der Waals surface area contributed by atoms with Crippen LogP contribution in [-0.2, 0) is 5.41 Å². The summed E-state index contributed by atoms with van der Waals surface area (Å²) in [6.07, 6.45) is 2.00. The summed E-state index contributed by atoms with van der Waals surface area (Å²) in [6, 6.07) is 7.09. The minimum atomic E-state index is -0.114. The van der Waals surface area contributed by atoms with E-state index in [1.54, 1.807) is 12.1 Å². The third-order valence-corrected chi connectivity index (χ3v) is 4.26. The predicted octanol–water partition coefficient (Wildman–Crippen LogP) is 2.80. The Morgan fingerprint density at radius 3 is 2.46 bits per heavy atom. The maximum atomic E-state index is 14.1. The summed E-state index contributed by atoms with van der Waals surface area (Å²) in [5, 5.41) is 10.0. The van der Waals surface area contributed by atoms with Crippen molar-refractivity contribution in [2.75, 3.05) is 26.2 Å². The van der Waals surface area contributed by atoms with Crippen LogP contribution in [0.2, 0.25) is 0 Å². The van der Waals surface area contributed by atoms with Gasteiger partial charge in [-0.2, -0.15) is 0 Å². The molecule has 1 aromatic rings. The number of nitrogens with one attached hydrogen (secondary N) is 3. The molecule has 0 unspecified atom stereocenters. The van der Waals surface area contributed by atoms with Crippen molar-refractivity contribution >= 4 is 5.96 Å². The molecule has 0 aliphatic heterocycles. The number of nitrogens with zero attached hydrogens (tertiary/aromatic N) is 1. The Hall–Kier alpha value is -1.62. The molecule has 24 heavy (non-hydrogen) atoms. The van der Waals surface area contributed by atoms with Crippen LogP contribution in [0.1, 0.15) is 46.1 Å². The van der Waals surface area contributed by atoms with Crippen molar-refractivity contribution < 1.29 is 4.39 Å². The van der Waals surface area contributed by atoms with Gasteiger partial charge in [-0.15, -0.1) is 0 Å². The molecule has 134 valence electrons. The molecule has 1 aliphatic rings. The molecule has 0 radical (unpaired) electrons. The number of halogens is 1. The van der Waals surface area contributed by atoms with Crippen LogP contribution in [0.15, 0.2) is 29.3 Å². The van der Waals surface area contributed by atoms with Crippen LogP contribution in [0.4, 0.5) is 4.39 Å². The van der Waals surface area contributed by atoms with Gasteiger partial charge in [-0.05, 0) is 52.2 Å². The third kappa shape index (κ3) is 5.48. The molecule has 5 heteroatoms. The van der Waals surface area contributed by atoms with Gasteiger partial charge in [-0.3, -0.25) is 4.99 Å². The van der Waals surface area contributed by atoms with Gasteiger partial charge in [0.25, 0.3) is 0 Å². The van der Waals surface area contributed by atoms with E-state index in [9.17, 15) is 4.39 Å². The van der Waals surface area contributed by atoms with E-state index in [2.05, 4.69) is 36.7 Å². The highest BCUT2D eigenvalue weighted by Crippen LogP contribution is 2.49. The Kier molecular flexibility index (Phi) is 6.21. The fourth-order valence-corrected chi connectivity index (χ4v) is 2.75. The van der Waals surface area contributed by atoms with E-state index in [1.807, 2.05) is 19.1 Å². The SMILES string of the molecule is CCNC(=NCC1(c2ccccc2F)CC1)NCCNC(C)(C)C. The van der Waals surface area contributed by atoms with Crippen molar-refractivity contribution in [2.24, 2.45) is 4.99 Å². The van der Waals surface area contributed by atoms with Crippen LogP contribution < -0.4 is 16.0 Å². The van der Waals surface area contributed by atoms with E-state index in [0.29, 0.717) is 6.54 Å². The van der Waals surface area contributed by atoms with Crippen LogP contribution >= 0.6 is 0 Å². The molecule has 0 bridgehead atoms. The molecular formula is C19H31FN4. The lowest BCUT2D eigenvalue weighted by Crippen LogP contribution is -2.44. The highest BCUT2D eigenvalue weighted by atomic mass is 19.1. The zero-order valence-corrected chi connectivity index (χ0v) is 15.4. The third-order valence-electron chi connectivity index (χ3n) is 4.26. The second kappa shape index (κ2) is 7.97. The molecule has 0 aromatic heterocycles. The molecule has 0 spiro atoms. The van der Waals surface area contributed by atoms with Crippen molar-refractivity contribution in [1.82, 2.24) is 16.0 Å². The number of benzene rings is 1. The van der Waals surface area contributed by atoms with E-state index >= 15 is 0 Å². The maximum Gasteiger partial charge on any atom is 0.191 e. The fourth-order valence-electron chi connectivity index (χ4n) is 2.75. The summed E-state index contributed by atoms with van der Waals surface area (Å²) < 4.78 is 14.1. The van der Waals surface area contributed by atoms with E-state index in [1.165, 1.54) is 0 Å². The lowest BCUT2D eigenvalue weighted by Gasteiger charge is -2.21. The molecule has 4 nitrogen and oxygen atoms in total. The van der Waals surface area contributed by atoms with Crippen LogP contribution in [0.3, 0.4) is 0 Å². The second-order valence-corrected chi connectivity index (χ2v) is 7.56. The Morgan fingerprint density at radius 2 is 1.88 bits per heavy atom. The normalized spacial score (nSPS) is 16.8. The molecule has 0 amide bonds. The van der Waals surface area contributed by atoms with Gasteiger partial charge in [0.05, 0.1) is 6.54 Å². The molecule has 0 saturated heterocycles. The van der Waals surface area contributed by atoms with Gasteiger partial charge in [0.2, 0.25) is 0 Å². The van der Waals surface area contributed by atoms with Gasteiger partial charge >= 0.3 is 0 Å². The van der Waals surface area contributed by atoms with E-state index < -0.39 is 0 Å². The Labute approximate surface area is 145 Å². The summed E-state index contributed by atoms with van der Waals surface area (Å²) >= 11 is 0. The van der Waals surface area contributed by atoms with Crippen molar-refractivity contribution in [2.45, 2.75) is 51.5 Å². The highest BCUT2D eigenvalue weighted by Gasteiger charge is 2.45. The van der Waals surface area contributed by atoms with Gasteiger partial charge in [0.15, 0.2) is 5.96 Å². The molecule has 0 heterocycles. The molecule has 1 fully saturated rings. The summed E-state index contributed by atoms with van der Waals surface area (Å²) in [6.45, 7) is 11.6. The van der Waals surface area contributed by atoms with Gasteiger partial charge in [-0.25, -0.2) is 4.39 Å². The first-order valence-corrected chi connectivity index (χ1v) is 8.88. The number of aliphatic imine (C=N–C) groups is 1. The van der Waals surface area contributed by atoms with Gasteiger partial charge in [0.1, 0.15) is 5.82 Å². The first kappa shape index (κ1) is 18.7. The minimum absolute atomic E-state index is 0.111. The van der Waals surface area contributed by atoms with Crippen molar-refractivity contribution in [3.8, 4) is 0 Å². The highest BCUT2D eigenvalue weighted by molar-refractivity contribution is 5.79. The quantitative estimate of drug-likeness (QED) is 0.408. The van der Waals surface area contributed by atoms with Crippen molar-refractivity contribution in [3.05, 3.63) is 35.6 Å². The Morgan fingerprint density at radius 1 is 1.17 bits per heavy atom. The van der Waals surface area contributed by atoms with E-state index in [0.717, 1.165) is 44.0 Å². The smallest absolute Gasteiger partial charge is 0.191 e. The monoisotopic (exact) mass is 334 g/mol. The summed E-state index contributed by atoms with van der Waals surface area (Å²) in [5.74, 6) is 0.688. The second-order valence-electron chi connectivity index (χ2n) is 7.56. The average molecular weight is 334 g/mol. The standard InChI is InChI=1S/C19H31FN4/c1-5-21-17(22-12-13-24-18(2,3)4)23-14-19(10-11-19)15-8-6-7-9-16(15)20/h6-9,24H,5,10-14H2,1-4H3,(H2,21,22,23). The number of rotatable bonds is 7. The first-order chi connectivity index (χ1) is 11.4. The fraction of sp³-hybridized carbons (Fsp3) is 0.632. The Bertz CT molecular complexity index is 559. The predicted molar refractivity (Wildman–Crippen MR) is 99.0 cm³/mol. The number of hydrogen-bond acceptors (Lipinski definition) is 2. The molecular weight excluding hydrogens is 303 g/mol. The van der Waals surface area contributed by atoms with Gasteiger partial charge in [-0.1, -0.05) is 18.2 Å². The average Bonchev–Trinajstić information content (AvgIpc) is 3.29. The number of hydrogen-bond donors (Lipinski definition) is 3. The lowest BCUT2D eigenvalue weighted by atomic mass is 9.95. The van der Waals surface area contributed by atoms with Crippen LogP contribution in [0, 0.1) is 5.82 Å². The molecule has 1 saturated carbocycles. The molecule has 1 aromatic carbocycles. The topological polar surface area (TPSA) is 48.5 Å². The lowest BCUT2D eigenvalue weighted by molar-refractivity contribution is 0.428. The van der Waals surface area contributed by atoms with Crippen LogP contribution in [0.25, 0.3) is 0 Å². The van der Waals surface area contributed by atoms with Gasteiger partial charge in [0, 0.05) is 30.6 Å². The van der Waals surface area contributed by atoms with E-state index in [4.69, 9.17) is 4.99 Å². The van der Waals surface area contributed by atoms with E-state index in [-0.39, 0.29) is 16.8 Å². The molecule has 3 N–H and O–H groups in total. The number of guanidine groups is 1. The van der Waals surface area contributed by atoms with Crippen molar-refractivity contribution in [3.63, 3.8) is 0 Å². The zero-order valence-electron chi connectivity index (χ0n) is 15.4. The molecule has 2 rings (SSSR count). The summed E-state index contributed by atoms with van der Waals surface area (Å²) in [7, 11) is 0. The summed E-state index contributed by atoms with van der Waals surface area (Å²) in [5.41, 5.74) is 0.802. The van der Waals surface area contributed by atoms with Crippen LogP contribution in [-0.4, -0.2) is 37.7 Å². The molecule has 0 atom stereocenters. The zero-order chi connectivity index (χ0) is 17.6. The minimum Gasteiger partial charge on any atom is -0.357 e. The Balaban J connectivity index is 1.92. The summed E-state index contributed by atoms with van der Waals surface area (Å²) in [4.78, 5) is 4.70. The first-order valence-electron chi connectivity index (χ1n) is 8.88. The van der Waals surface area contributed by atoms with Crippen molar-refractivity contribution in [1.29, 1.82) is 0 Å². The largest absolute Gasteiger partial charge is 0.357 e. The molecule has 1 aliphatic carbocycles. The van der Waals surface area contributed by atoms with Crippen LogP contribution in [0.5, 0.6) is 0 Å². The maximum absolute atomic E-state index is 14.1. The van der Waals surface area contributed by atoms with Gasteiger partial charge < -0.3 is 16.0 Å².